The molecule has 0 aliphatic heterocycles. The van der Waals surface area contributed by atoms with Crippen molar-refractivity contribution in [3.63, 3.8) is 0 Å². The molecule has 3 saturated carbocycles. The van der Waals surface area contributed by atoms with Gasteiger partial charge in [0.25, 0.3) is 0 Å². The minimum absolute atomic E-state index is 0.593. The second-order valence-electron chi connectivity index (χ2n) is 9.80. The van der Waals surface area contributed by atoms with Crippen molar-refractivity contribution in [2.75, 3.05) is 0 Å². The highest BCUT2D eigenvalue weighted by molar-refractivity contribution is 5.23. The molecule has 0 aromatic rings. The Morgan fingerprint density at radius 3 is 2.14 bits per heavy atom. The zero-order valence-corrected chi connectivity index (χ0v) is 15.6. The highest BCUT2D eigenvalue weighted by Crippen LogP contribution is 2.82. The molecule has 0 heterocycles. The summed E-state index contributed by atoms with van der Waals surface area (Å²) in [6.45, 7) is 17.5. The van der Waals surface area contributed by atoms with Crippen LogP contribution in [0.4, 0.5) is 0 Å². The smallest absolute Gasteiger partial charge is 0.0229 e. The van der Waals surface area contributed by atoms with Crippen LogP contribution in [0.25, 0.3) is 0 Å². The van der Waals surface area contributed by atoms with Crippen molar-refractivity contribution in [1.29, 1.82) is 0 Å². The minimum Gasteiger partial charge on any atom is -0.0654 e. The van der Waals surface area contributed by atoms with Crippen LogP contribution in [0.5, 0.6) is 0 Å². The molecule has 3 aliphatic rings. The van der Waals surface area contributed by atoms with E-state index in [0.29, 0.717) is 10.8 Å². The molecule has 0 heteroatoms. The van der Waals surface area contributed by atoms with E-state index in [9.17, 15) is 0 Å². The SMILES string of the molecule is CCCC(C)(CC)C(C)C1CC12CC2C(C)C1(C)CC1C. The molecule has 3 fully saturated rings. The molecule has 3 rings (SSSR count). The van der Waals surface area contributed by atoms with E-state index >= 15 is 0 Å². The zero-order valence-electron chi connectivity index (χ0n) is 15.6. The summed E-state index contributed by atoms with van der Waals surface area (Å²) in [5.74, 6) is 5.02. The molecule has 8 atom stereocenters. The van der Waals surface area contributed by atoms with Crippen LogP contribution >= 0.6 is 0 Å². The molecular formula is C21H38. The third kappa shape index (κ3) is 2.22. The van der Waals surface area contributed by atoms with E-state index in [1.165, 1.54) is 25.7 Å². The Morgan fingerprint density at radius 1 is 1.10 bits per heavy atom. The van der Waals surface area contributed by atoms with E-state index in [1.807, 2.05) is 0 Å². The summed E-state index contributed by atoms with van der Waals surface area (Å²) in [6.07, 6.45) is 8.76. The molecule has 0 N–H and O–H groups in total. The topological polar surface area (TPSA) is 0 Å². The van der Waals surface area contributed by atoms with Gasteiger partial charge in [-0.2, -0.15) is 0 Å². The van der Waals surface area contributed by atoms with Gasteiger partial charge in [-0.25, -0.2) is 0 Å². The van der Waals surface area contributed by atoms with Gasteiger partial charge in [0.2, 0.25) is 0 Å². The van der Waals surface area contributed by atoms with Crippen LogP contribution in [0.1, 0.15) is 87.0 Å². The van der Waals surface area contributed by atoms with Crippen molar-refractivity contribution in [1.82, 2.24) is 0 Å². The van der Waals surface area contributed by atoms with Gasteiger partial charge in [-0.1, -0.05) is 61.3 Å². The average Bonchev–Trinajstić information content (AvgIpc) is 3.38. The highest BCUT2D eigenvalue weighted by atomic mass is 14.8. The fourth-order valence-corrected chi connectivity index (χ4v) is 6.19. The largest absolute Gasteiger partial charge is 0.0654 e. The van der Waals surface area contributed by atoms with Crippen LogP contribution in [-0.2, 0) is 0 Å². The standard InChI is InChI=1S/C21H38/c1-8-10-19(6,9-2)15(4)17-12-21(17)13-18(21)16(5)20(7)11-14(20)3/h14-18H,8-13H2,1-7H3. The summed E-state index contributed by atoms with van der Waals surface area (Å²) < 4.78 is 0. The fourth-order valence-electron chi connectivity index (χ4n) is 6.19. The average molecular weight is 291 g/mol. The van der Waals surface area contributed by atoms with Crippen LogP contribution in [0.2, 0.25) is 0 Å². The summed E-state index contributed by atoms with van der Waals surface area (Å²) in [5.41, 5.74) is 2.10. The van der Waals surface area contributed by atoms with E-state index in [1.54, 1.807) is 12.8 Å². The third-order valence-corrected chi connectivity index (χ3v) is 9.04. The van der Waals surface area contributed by atoms with Gasteiger partial charge in [0.15, 0.2) is 0 Å². The van der Waals surface area contributed by atoms with Crippen molar-refractivity contribution in [3.05, 3.63) is 0 Å². The molecule has 0 amide bonds. The summed E-state index contributed by atoms with van der Waals surface area (Å²) in [5, 5.41) is 0. The predicted molar refractivity (Wildman–Crippen MR) is 92.2 cm³/mol. The van der Waals surface area contributed by atoms with Gasteiger partial charge in [-0.05, 0) is 71.5 Å². The lowest BCUT2D eigenvalue weighted by molar-refractivity contribution is 0.141. The summed E-state index contributed by atoms with van der Waals surface area (Å²) in [7, 11) is 0. The molecule has 3 aliphatic carbocycles. The second kappa shape index (κ2) is 4.75. The van der Waals surface area contributed by atoms with Gasteiger partial charge in [-0.3, -0.25) is 0 Å². The summed E-state index contributed by atoms with van der Waals surface area (Å²) in [4.78, 5) is 0. The number of hydrogen-bond donors (Lipinski definition) is 0. The van der Waals surface area contributed by atoms with Crippen molar-refractivity contribution < 1.29 is 0 Å². The van der Waals surface area contributed by atoms with E-state index in [2.05, 4.69) is 48.5 Å². The molecule has 0 aromatic carbocycles. The van der Waals surface area contributed by atoms with E-state index in [4.69, 9.17) is 0 Å². The Balaban J connectivity index is 1.62. The Labute approximate surface area is 133 Å². The molecule has 0 nitrogen and oxygen atoms in total. The van der Waals surface area contributed by atoms with Crippen molar-refractivity contribution in [3.8, 4) is 0 Å². The van der Waals surface area contributed by atoms with E-state index in [0.717, 1.165) is 35.0 Å². The predicted octanol–water partition coefficient (Wildman–Crippen LogP) is 6.55. The zero-order chi connectivity index (χ0) is 15.6. The lowest BCUT2D eigenvalue weighted by Crippen LogP contribution is -2.27. The molecule has 0 radical (unpaired) electrons. The Bertz CT molecular complexity index is 412. The Hall–Kier alpha value is 0. The van der Waals surface area contributed by atoms with Gasteiger partial charge in [0.05, 0.1) is 0 Å². The Morgan fingerprint density at radius 2 is 1.67 bits per heavy atom. The molecule has 0 aromatic heterocycles. The maximum Gasteiger partial charge on any atom is -0.0229 e. The van der Waals surface area contributed by atoms with Crippen LogP contribution in [0.15, 0.2) is 0 Å². The van der Waals surface area contributed by atoms with Crippen LogP contribution < -0.4 is 0 Å². The molecule has 8 unspecified atom stereocenters. The molecule has 0 bridgehead atoms. The van der Waals surface area contributed by atoms with Crippen molar-refractivity contribution >= 4 is 0 Å². The van der Waals surface area contributed by atoms with Gasteiger partial charge < -0.3 is 0 Å². The van der Waals surface area contributed by atoms with Crippen molar-refractivity contribution in [2.24, 2.45) is 45.8 Å². The minimum atomic E-state index is 0.593. The van der Waals surface area contributed by atoms with Gasteiger partial charge >= 0.3 is 0 Å². The fraction of sp³-hybridized carbons (Fsp3) is 1.00. The summed E-state index contributed by atoms with van der Waals surface area (Å²) in [6, 6.07) is 0. The maximum absolute atomic E-state index is 2.58. The van der Waals surface area contributed by atoms with Crippen LogP contribution in [0.3, 0.4) is 0 Å². The third-order valence-electron chi connectivity index (χ3n) is 9.04. The lowest BCUT2D eigenvalue weighted by Gasteiger charge is -2.35. The number of rotatable bonds is 7. The van der Waals surface area contributed by atoms with Gasteiger partial charge in [-0.15, -0.1) is 0 Å². The first kappa shape index (κ1) is 15.9. The van der Waals surface area contributed by atoms with Crippen LogP contribution in [-0.4, -0.2) is 0 Å². The first-order valence-corrected chi connectivity index (χ1v) is 9.75. The van der Waals surface area contributed by atoms with Gasteiger partial charge in [0, 0.05) is 0 Å². The highest BCUT2D eigenvalue weighted by Gasteiger charge is 2.75. The summed E-state index contributed by atoms with van der Waals surface area (Å²) >= 11 is 0. The first-order valence-electron chi connectivity index (χ1n) is 9.75. The van der Waals surface area contributed by atoms with Crippen molar-refractivity contribution in [2.45, 2.75) is 87.0 Å². The monoisotopic (exact) mass is 290 g/mol. The quantitative estimate of drug-likeness (QED) is 0.499. The molecule has 122 valence electrons. The number of hydrogen-bond acceptors (Lipinski definition) is 0. The van der Waals surface area contributed by atoms with Crippen LogP contribution in [0, 0.1) is 45.8 Å². The normalized spacial score (nSPS) is 49.6. The van der Waals surface area contributed by atoms with E-state index in [-0.39, 0.29) is 0 Å². The molecular weight excluding hydrogens is 252 g/mol. The maximum atomic E-state index is 2.58. The Kier molecular flexibility index (Phi) is 3.59. The van der Waals surface area contributed by atoms with Gasteiger partial charge in [0.1, 0.15) is 0 Å². The van der Waals surface area contributed by atoms with E-state index < -0.39 is 0 Å². The molecule has 1 spiro atoms. The molecule has 21 heavy (non-hydrogen) atoms. The lowest BCUT2D eigenvalue weighted by atomic mass is 9.70. The molecule has 0 saturated heterocycles. The second-order valence-corrected chi connectivity index (χ2v) is 9.80. The first-order chi connectivity index (χ1) is 9.75.